The number of hydrogen-bond donors (Lipinski definition) is 2. The van der Waals surface area contributed by atoms with Crippen molar-refractivity contribution in [1.29, 1.82) is 0 Å². The lowest BCUT2D eigenvalue weighted by molar-refractivity contribution is -0.384. The van der Waals surface area contributed by atoms with Crippen LogP contribution in [-0.4, -0.2) is 31.5 Å². The van der Waals surface area contributed by atoms with Gasteiger partial charge in [-0.15, -0.1) is 0 Å². The van der Waals surface area contributed by atoms with Crippen molar-refractivity contribution < 1.29 is 14.5 Å². The minimum Gasteiger partial charge on any atom is -0.326 e. The first-order valence-electron chi connectivity index (χ1n) is 7.19. The number of hydrogen-bond acceptors (Lipinski definition) is 6. The molecule has 10 heteroatoms. The highest BCUT2D eigenvalue weighted by Gasteiger charge is 2.29. The highest BCUT2D eigenvalue weighted by atomic mass is 16.6. The number of aryl methyl sites for hydroxylation is 1. The van der Waals surface area contributed by atoms with Gasteiger partial charge >= 0.3 is 0 Å². The summed E-state index contributed by atoms with van der Waals surface area (Å²) in [5.41, 5.74) is 0.368. The van der Waals surface area contributed by atoms with Crippen LogP contribution < -0.4 is 10.6 Å². The van der Waals surface area contributed by atoms with Gasteiger partial charge in [0.2, 0.25) is 17.8 Å². The second-order valence-electron chi connectivity index (χ2n) is 5.41. The van der Waals surface area contributed by atoms with E-state index in [4.69, 9.17) is 0 Å². The van der Waals surface area contributed by atoms with E-state index < -0.39 is 10.8 Å². The summed E-state index contributed by atoms with van der Waals surface area (Å²) < 4.78 is 1.56. The maximum atomic E-state index is 12.1. The van der Waals surface area contributed by atoms with Gasteiger partial charge in [-0.3, -0.25) is 25.0 Å². The second-order valence-corrected chi connectivity index (χ2v) is 5.41. The topological polar surface area (TPSA) is 132 Å². The molecule has 3 rings (SSSR count). The van der Waals surface area contributed by atoms with Crippen LogP contribution in [0.15, 0.2) is 24.3 Å². The third-order valence-corrected chi connectivity index (χ3v) is 3.57. The standard InChI is InChI=1S/C14H14N6O4/c1-8-15-14-17-13(22)9(7-19(14)18-8)6-12(21)16-10-2-4-11(5-3-10)20(23)24/h2-5,9H,6-7H2,1H3,(H,16,21)(H,15,17,18,22)/t9-/m0/s1. The molecule has 1 atom stereocenters. The molecule has 2 aromatic rings. The van der Waals surface area contributed by atoms with Crippen LogP contribution >= 0.6 is 0 Å². The molecule has 1 aromatic heterocycles. The number of nitro groups is 1. The van der Waals surface area contributed by atoms with Gasteiger partial charge in [0.05, 0.1) is 17.4 Å². The fourth-order valence-corrected chi connectivity index (χ4v) is 2.44. The number of rotatable bonds is 4. The molecule has 1 aliphatic rings. The van der Waals surface area contributed by atoms with Crippen LogP contribution in [0.2, 0.25) is 0 Å². The molecule has 24 heavy (non-hydrogen) atoms. The van der Waals surface area contributed by atoms with E-state index in [9.17, 15) is 19.7 Å². The monoisotopic (exact) mass is 330 g/mol. The van der Waals surface area contributed by atoms with Crippen molar-refractivity contribution >= 4 is 29.1 Å². The first kappa shape index (κ1) is 15.6. The lowest BCUT2D eigenvalue weighted by Gasteiger charge is -2.21. The summed E-state index contributed by atoms with van der Waals surface area (Å²) in [4.78, 5) is 38.3. The number of anilines is 2. The third kappa shape index (κ3) is 3.21. The predicted molar refractivity (Wildman–Crippen MR) is 83.2 cm³/mol. The molecule has 0 aliphatic carbocycles. The Balaban J connectivity index is 1.62. The van der Waals surface area contributed by atoms with E-state index in [-0.39, 0.29) is 30.5 Å². The number of nitrogens with one attached hydrogen (secondary N) is 2. The molecule has 0 saturated heterocycles. The predicted octanol–water partition coefficient (Wildman–Crippen LogP) is 1.09. The van der Waals surface area contributed by atoms with Crippen LogP contribution in [0.1, 0.15) is 12.2 Å². The summed E-state index contributed by atoms with van der Waals surface area (Å²) in [6.07, 6.45) is -0.0266. The number of benzene rings is 1. The van der Waals surface area contributed by atoms with E-state index in [1.165, 1.54) is 24.3 Å². The van der Waals surface area contributed by atoms with Crippen molar-refractivity contribution in [3.8, 4) is 0 Å². The zero-order valence-corrected chi connectivity index (χ0v) is 12.7. The highest BCUT2D eigenvalue weighted by molar-refractivity contribution is 5.98. The van der Waals surface area contributed by atoms with Gasteiger partial charge < -0.3 is 5.32 Å². The number of carbonyl (C=O) groups is 2. The van der Waals surface area contributed by atoms with Crippen LogP contribution in [0.25, 0.3) is 0 Å². The number of non-ortho nitro benzene ring substituents is 1. The molecule has 0 fully saturated rings. The van der Waals surface area contributed by atoms with Crippen molar-refractivity contribution in [2.75, 3.05) is 10.6 Å². The van der Waals surface area contributed by atoms with Crippen LogP contribution in [-0.2, 0) is 16.1 Å². The zero-order chi connectivity index (χ0) is 17.3. The quantitative estimate of drug-likeness (QED) is 0.637. The van der Waals surface area contributed by atoms with Gasteiger partial charge in [-0.1, -0.05) is 0 Å². The first-order valence-corrected chi connectivity index (χ1v) is 7.19. The molecule has 10 nitrogen and oxygen atoms in total. The number of fused-ring (bicyclic) bond motifs is 1. The highest BCUT2D eigenvalue weighted by Crippen LogP contribution is 2.20. The Morgan fingerprint density at radius 2 is 2.17 bits per heavy atom. The van der Waals surface area contributed by atoms with E-state index >= 15 is 0 Å². The molecule has 1 aromatic carbocycles. The van der Waals surface area contributed by atoms with Gasteiger partial charge in [0, 0.05) is 24.2 Å². The maximum absolute atomic E-state index is 12.1. The van der Waals surface area contributed by atoms with Crippen LogP contribution in [0.4, 0.5) is 17.3 Å². The maximum Gasteiger partial charge on any atom is 0.269 e. The summed E-state index contributed by atoms with van der Waals surface area (Å²) in [5, 5.41) is 20.0. The summed E-state index contributed by atoms with van der Waals surface area (Å²) >= 11 is 0. The number of nitrogens with zero attached hydrogens (tertiary/aromatic N) is 4. The lowest BCUT2D eigenvalue weighted by atomic mass is 10.0. The van der Waals surface area contributed by atoms with Gasteiger partial charge in [0.15, 0.2) is 0 Å². The molecular formula is C14H14N6O4. The lowest BCUT2D eigenvalue weighted by Crippen LogP contribution is -2.36. The molecule has 0 spiro atoms. The molecule has 0 unspecified atom stereocenters. The van der Waals surface area contributed by atoms with Crippen molar-refractivity contribution in [1.82, 2.24) is 14.8 Å². The van der Waals surface area contributed by atoms with Crippen molar-refractivity contribution in [3.63, 3.8) is 0 Å². The Kier molecular flexibility index (Phi) is 3.94. The molecule has 124 valence electrons. The van der Waals surface area contributed by atoms with Gasteiger partial charge in [-0.05, 0) is 19.1 Å². The molecule has 0 saturated carbocycles. The van der Waals surface area contributed by atoms with E-state index in [2.05, 4.69) is 20.7 Å². The summed E-state index contributed by atoms with van der Waals surface area (Å²) in [6.45, 7) is 1.99. The molecule has 1 aliphatic heterocycles. The van der Waals surface area contributed by atoms with Gasteiger partial charge in [0.25, 0.3) is 5.69 Å². The molecule has 2 heterocycles. The van der Waals surface area contributed by atoms with E-state index in [0.29, 0.717) is 17.5 Å². The normalized spacial score (nSPS) is 16.2. The first-order chi connectivity index (χ1) is 11.4. The Bertz CT molecular complexity index is 813. The zero-order valence-electron chi connectivity index (χ0n) is 12.7. The van der Waals surface area contributed by atoms with Crippen molar-refractivity contribution in [2.24, 2.45) is 5.92 Å². The Morgan fingerprint density at radius 3 is 2.83 bits per heavy atom. The van der Waals surface area contributed by atoms with E-state index in [0.717, 1.165) is 0 Å². The summed E-state index contributed by atoms with van der Waals surface area (Å²) in [6, 6.07) is 5.48. The molecule has 2 N–H and O–H groups in total. The molecule has 0 radical (unpaired) electrons. The Hall–Kier alpha value is -3.30. The Morgan fingerprint density at radius 1 is 1.46 bits per heavy atom. The van der Waals surface area contributed by atoms with Gasteiger partial charge in [-0.2, -0.15) is 10.1 Å². The van der Waals surface area contributed by atoms with Crippen LogP contribution in [0.3, 0.4) is 0 Å². The number of nitro benzene ring substituents is 1. The third-order valence-electron chi connectivity index (χ3n) is 3.57. The van der Waals surface area contributed by atoms with Gasteiger partial charge in [-0.25, -0.2) is 4.68 Å². The fourth-order valence-electron chi connectivity index (χ4n) is 2.44. The van der Waals surface area contributed by atoms with Crippen molar-refractivity contribution in [2.45, 2.75) is 19.9 Å². The number of amides is 2. The minimum absolute atomic E-state index is 0.0266. The number of aromatic nitrogens is 3. The summed E-state index contributed by atoms with van der Waals surface area (Å²) in [7, 11) is 0. The van der Waals surface area contributed by atoms with Crippen LogP contribution in [0, 0.1) is 23.0 Å². The average Bonchev–Trinajstić information content (AvgIpc) is 2.87. The molecule has 0 bridgehead atoms. The minimum atomic E-state index is -0.559. The number of carbonyl (C=O) groups excluding carboxylic acids is 2. The van der Waals surface area contributed by atoms with Crippen LogP contribution in [0.5, 0.6) is 0 Å². The second kappa shape index (κ2) is 6.07. The largest absolute Gasteiger partial charge is 0.326 e. The fraction of sp³-hybridized carbons (Fsp3) is 0.286. The van der Waals surface area contributed by atoms with Gasteiger partial charge in [0.1, 0.15) is 5.82 Å². The van der Waals surface area contributed by atoms with E-state index in [1.807, 2.05) is 0 Å². The van der Waals surface area contributed by atoms with Crippen molar-refractivity contribution in [3.05, 3.63) is 40.2 Å². The summed E-state index contributed by atoms with van der Waals surface area (Å²) in [5.74, 6) is -0.277. The SMILES string of the molecule is Cc1nc2n(n1)C[C@H](CC(=O)Nc1ccc([N+](=O)[O-])cc1)C(=O)N2. The average molecular weight is 330 g/mol. The van der Waals surface area contributed by atoms with E-state index in [1.54, 1.807) is 11.6 Å². The Labute approximate surface area is 136 Å². The molecule has 2 amide bonds. The smallest absolute Gasteiger partial charge is 0.269 e. The molecular weight excluding hydrogens is 316 g/mol.